The molecule has 8 nitrogen and oxygen atoms in total. The summed E-state index contributed by atoms with van der Waals surface area (Å²) in [4.78, 5) is 28.9. The third-order valence-electron chi connectivity index (χ3n) is 7.07. The van der Waals surface area contributed by atoms with Crippen molar-refractivity contribution in [2.45, 2.75) is 56.1 Å². The van der Waals surface area contributed by atoms with Crippen molar-refractivity contribution in [3.05, 3.63) is 88.9 Å². The lowest BCUT2D eigenvalue weighted by Gasteiger charge is -2.32. The number of carbonyl (C=O) groups excluding carboxylic acids is 2. The molecule has 3 aromatic carbocycles. The number of nitrogens with zero attached hydrogens (tertiary/aromatic N) is 2. The summed E-state index contributed by atoms with van der Waals surface area (Å²) >= 11 is 3.47. The number of hydrogen-bond acceptors (Lipinski definition) is 5. The third kappa shape index (κ3) is 7.03. The molecule has 1 aliphatic rings. The van der Waals surface area contributed by atoms with Crippen molar-refractivity contribution in [3.63, 3.8) is 0 Å². The number of halogens is 1. The first-order valence-electron chi connectivity index (χ1n) is 13.3. The third-order valence-corrected chi connectivity index (χ3v) is 9.34. The van der Waals surface area contributed by atoms with E-state index in [1.54, 1.807) is 49.4 Å². The fraction of sp³-hybridized carbons (Fsp3) is 0.333. The van der Waals surface area contributed by atoms with Crippen molar-refractivity contribution in [1.82, 2.24) is 10.2 Å². The van der Waals surface area contributed by atoms with Crippen molar-refractivity contribution >= 4 is 43.5 Å². The molecule has 1 fully saturated rings. The van der Waals surface area contributed by atoms with Gasteiger partial charge in [-0.25, -0.2) is 8.42 Å². The van der Waals surface area contributed by atoms with E-state index >= 15 is 0 Å². The zero-order valence-corrected chi connectivity index (χ0v) is 25.0. The molecule has 4 rings (SSSR count). The van der Waals surface area contributed by atoms with Crippen LogP contribution in [0, 0.1) is 0 Å². The summed E-state index contributed by atoms with van der Waals surface area (Å²) in [5.41, 5.74) is 1.03. The van der Waals surface area contributed by atoms with Crippen LogP contribution in [0.3, 0.4) is 0 Å². The smallest absolute Gasteiger partial charge is 0.264 e. The van der Waals surface area contributed by atoms with Gasteiger partial charge in [0.25, 0.3) is 10.0 Å². The molecule has 0 aliphatic heterocycles. The second-order valence-corrected chi connectivity index (χ2v) is 12.6. The second kappa shape index (κ2) is 13.3. The van der Waals surface area contributed by atoms with Crippen LogP contribution in [0.1, 0.15) is 38.2 Å². The highest BCUT2D eigenvalue weighted by Gasteiger charge is 2.34. The Morgan fingerprint density at radius 3 is 2.35 bits per heavy atom. The van der Waals surface area contributed by atoms with Crippen LogP contribution in [0.25, 0.3) is 0 Å². The molecule has 10 heteroatoms. The van der Waals surface area contributed by atoms with Gasteiger partial charge >= 0.3 is 0 Å². The van der Waals surface area contributed by atoms with Gasteiger partial charge in [0.15, 0.2) is 0 Å². The van der Waals surface area contributed by atoms with Gasteiger partial charge in [0.1, 0.15) is 18.3 Å². The molecular weight excluding hydrogens is 594 g/mol. The molecule has 0 heterocycles. The molecule has 1 N–H and O–H groups in total. The quantitative estimate of drug-likeness (QED) is 0.318. The lowest BCUT2D eigenvalue weighted by atomic mass is 10.1. The van der Waals surface area contributed by atoms with Crippen LogP contribution >= 0.6 is 15.9 Å². The maximum atomic E-state index is 14.1. The van der Waals surface area contributed by atoms with E-state index in [0.29, 0.717) is 5.75 Å². The predicted molar refractivity (Wildman–Crippen MR) is 159 cm³/mol. The van der Waals surface area contributed by atoms with Crippen molar-refractivity contribution < 1.29 is 22.7 Å². The zero-order valence-electron chi connectivity index (χ0n) is 22.6. The minimum atomic E-state index is -4.16. The van der Waals surface area contributed by atoms with E-state index in [4.69, 9.17) is 4.74 Å². The number of sulfonamides is 1. The van der Waals surface area contributed by atoms with E-state index in [-0.39, 0.29) is 29.1 Å². The van der Waals surface area contributed by atoms with Crippen molar-refractivity contribution in [2.75, 3.05) is 18.0 Å². The molecule has 0 radical (unpaired) electrons. The second-order valence-electron chi connectivity index (χ2n) is 9.81. The summed E-state index contributed by atoms with van der Waals surface area (Å²) in [7, 11) is -2.71. The normalized spacial score (nSPS) is 14.4. The SMILES string of the molecule is COc1ccccc1N(CC(=O)N(Cc1cccc(Br)c1)C(C)C(=O)NC1CCCC1)S(=O)(=O)c1ccccc1. The molecule has 40 heavy (non-hydrogen) atoms. The van der Waals surface area contributed by atoms with E-state index in [9.17, 15) is 18.0 Å². The molecule has 0 aromatic heterocycles. The van der Waals surface area contributed by atoms with Crippen molar-refractivity contribution in [2.24, 2.45) is 0 Å². The Kier molecular flexibility index (Phi) is 9.86. The first-order valence-corrected chi connectivity index (χ1v) is 15.5. The number of amides is 2. The predicted octanol–water partition coefficient (Wildman–Crippen LogP) is 5.13. The summed E-state index contributed by atoms with van der Waals surface area (Å²) in [6.45, 7) is 1.29. The first kappa shape index (κ1) is 29.6. The number of methoxy groups -OCH3 is 1. The highest BCUT2D eigenvalue weighted by molar-refractivity contribution is 9.10. The first-order chi connectivity index (χ1) is 19.2. The lowest BCUT2D eigenvalue weighted by molar-refractivity contribution is -0.139. The largest absolute Gasteiger partial charge is 0.495 e. The van der Waals surface area contributed by atoms with Crippen molar-refractivity contribution in [1.29, 1.82) is 0 Å². The van der Waals surface area contributed by atoms with E-state index in [0.717, 1.165) is 40.0 Å². The number of hydrogen-bond donors (Lipinski definition) is 1. The number of anilines is 1. The summed E-state index contributed by atoms with van der Waals surface area (Å²) in [5.74, 6) is -0.468. The number of nitrogens with one attached hydrogen (secondary N) is 1. The van der Waals surface area contributed by atoms with Gasteiger partial charge in [-0.1, -0.05) is 71.2 Å². The van der Waals surface area contributed by atoms with Crippen LogP contribution < -0.4 is 14.4 Å². The number of rotatable bonds is 11. The summed E-state index contributed by atoms with van der Waals surface area (Å²) < 4.78 is 35.2. The Bertz CT molecular complexity index is 1430. The standard InChI is InChI=1S/C30H34BrN3O5S/c1-22(30(36)32-25-13-6-7-14-25)33(20-23-11-10-12-24(31)19-23)29(35)21-34(27-17-8-9-18-28(27)39-2)40(37,38)26-15-4-3-5-16-26/h3-5,8-12,15-19,22,25H,6-7,13-14,20-21H2,1-2H3,(H,32,36). The molecule has 1 aliphatic carbocycles. The van der Waals surface area contributed by atoms with E-state index in [1.165, 1.54) is 24.1 Å². The van der Waals surface area contributed by atoms with Gasteiger partial charge in [0.2, 0.25) is 11.8 Å². The Morgan fingerprint density at radius 2 is 1.68 bits per heavy atom. The number of carbonyl (C=O) groups is 2. The van der Waals surface area contributed by atoms with E-state index in [2.05, 4.69) is 21.2 Å². The van der Waals surface area contributed by atoms with Gasteiger partial charge < -0.3 is 15.0 Å². The molecule has 212 valence electrons. The van der Waals surface area contributed by atoms with E-state index in [1.807, 2.05) is 24.3 Å². The van der Waals surface area contributed by atoms with Crippen LogP contribution in [0.2, 0.25) is 0 Å². The number of para-hydroxylation sites is 2. The Morgan fingerprint density at radius 1 is 1.00 bits per heavy atom. The number of ether oxygens (including phenoxy) is 1. The lowest BCUT2D eigenvalue weighted by Crippen LogP contribution is -2.52. The fourth-order valence-electron chi connectivity index (χ4n) is 4.88. The maximum Gasteiger partial charge on any atom is 0.264 e. The van der Waals surface area contributed by atoms with Crippen LogP contribution in [0.4, 0.5) is 5.69 Å². The fourth-order valence-corrected chi connectivity index (χ4v) is 6.77. The van der Waals surface area contributed by atoms with Gasteiger partial charge in [0.05, 0.1) is 17.7 Å². The van der Waals surface area contributed by atoms with Crippen LogP contribution in [-0.4, -0.2) is 50.9 Å². The molecule has 3 aromatic rings. The van der Waals surface area contributed by atoms with Gasteiger partial charge in [-0.05, 0) is 61.7 Å². The van der Waals surface area contributed by atoms with Crippen molar-refractivity contribution in [3.8, 4) is 5.75 Å². The van der Waals surface area contributed by atoms with Gasteiger partial charge in [0, 0.05) is 17.1 Å². The minimum absolute atomic E-state index is 0.0410. The summed E-state index contributed by atoms with van der Waals surface area (Å²) in [6.07, 6.45) is 3.94. The Balaban J connectivity index is 1.70. The molecule has 1 unspecified atom stereocenters. The van der Waals surface area contributed by atoms with Gasteiger partial charge in [-0.3, -0.25) is 13.9 Å². The van der Waals surface area contributed by atoms with Gasteiger partial charge in [-0.2, -0.15) is 0 Å². The minimum Gasteiger partial charge on any atom is -0.495 e. The van der Waals surface area contributed by atoms with E-state index < -0.39 is 28.5 Å². The van der Waals surface area contributed by atoms with Crippen LogP contribution in [0.15, 0.2) is 88.2 Å². The maximum absolute atomic E-state index is 14.1. The molecule has 0 spiro atoms. The average molecular weight is 629 g/mol. The molecule has 1 saturated carbocycles. The molecular formula is C30H34BrN3O5S. The number of benzene rings is 3. The monoisotopic (exact) mass is 627 g/mol. The molecule has 0 bridgehead atoms. The van der Waals surface area contributed by atoms with Crippen LogP contribution in [-0.2, 0) is 26.2 Å². The summed E-state index contributed by atoms with van der Waals surface area (Å²) in [5, 5.41) is 3.08. The Labute approximate surface area is 244 Å². The Hall–Kier alpha value is -3.37. The highest BCUT2D eigenvalue weighted by atomic mass is 79.9. The molecule has 1 atom stereocenters. The van der Waals surface area contributed by atoms with Gasteiger partial charge in [-0.15, -0.1) is 0 Å². The summed E-state index contributed by atoms with van der Waals surface area (Å²) in [6, 6.07) is 21.3. The average Bonchev–Trinajstić information content (AvgIpc) is 3.47. The van der Waals surface area contributed by atoms with Crippen LogP contribution in [0.5, 0.6) is 5.75 Å². The molecule has 2 amide bonds. The topological polar surface area (TPSA) is 96.0 Å². The zero-order chi connectivity index (χ0) is 28.7. The highest BCUT2D eigenvalue weighted by Crippen LogP contribution is 2.32. The molecule has 0 saturated heterocycles.